The zero-order valence-corrected chi connectivity index (χ0v) is 12.5. The molecule has 0 radical (unpaired) electrons. The molecule has 0 aliphatic carbocycles. The third kappa shape index (κ3) is 3.26. The van der Waals surface area contributed by atoms with Crippen LogP contribution in [-0.4, -0.2) is 48.7 Å². The first-order valence-corrected chi connectivity index (χ1v) is 7.21. The smallest absolute Gasteiger partial charge is 0.337 e. The Labute approximate surface area is 124 Å². The Kier molecular flexibility index (Phi) is 4.67. The lowest BCUT2D eigenvalue weighted by molar-refractivity contribution is 0.0698. The minimum absolute atomic E-state index is 0.0480. The van der Waals surface area contributed by atoms with Crippen LogP contribution in [0.3, 0.4) is 0 Å². The van der Waals surface area contributed by atoms with E-state index in [9.17, 15) is 9.18 Å². The van der Waals surface area contributed by atoms with Gasteiger partial charge >= 0.3 is 5.97 Å². The third-order valence-electron chi connectivity index (χ3n) is 4.15. The summed E-state index contributed by atoms with van der Waals surface area (Å²) in [6.07, 6.45) is 2.23. The molecule has 1 fully saturated rings. The van der Waals surface area contributed by atoms with Crippen LogP contribution in [0.1, 0.15) is 30.1 Å². The summed E-state index contributed by atoms with van der Waals surface area (Å²) in [7, 11) is 1.78. The molecular weight excluding hydrogens is 273 g/mol. The zero-order chi connectivity index (χ0) is 15.6. The summed E-state index contributed by atoms with van der Waals surface area (Å²) in [6, 6.07) is 2.78. The van der Waals surface area contributed by atoms with Gasteiger partial charge in [-0.3, -0.25) is 4.90 Å². The number of rotatable bonds is 5. The molecule has 21 heavy (non-hydrogen) atoms. The molecule has 1 heterocycles. The Morgan fingerprint density at radius 1 is 1.57 bits per heavy atom. The van der Waals surface area contributed by atoms with Gasteiger partial charge in [-0.15, -0.1) is 0 Å². The normalized spacial score (nSPS) is 18.9. The molecule has 116 valence electrons. The van der Waals surface area contributed by atoms with Gasteiger partial charge < -0.3 is 15.7 Å². The summed E-state index contributed by atoms with van der Waals surface area (Å²) < 4.78 is 14.1. The second-order valence-corrected chi connectivity index (χ2v) is 5.50. The molecule has 0 amide bonds. The van der Waals surface area contributed by atoms with Crippen LogP contribution in [0.25, 0.3) is 0 Å². The van der Waals surface area contributed by atoms with E-state index < -0.39 is 11.8 Å². The molecule has 1 aromatic rings. The summed E-state index contributed by atoms with van der Waals surface area (Å²) >= 11 is 0. The highest BCUT2D eigenvalue weighted by Crippen LogP contribution is 2.26. The summed E-state index contributed by atoms with van der Waals surface area (Å²) in [5.74, 6) is -1.63. The molecule has 0 spiro atoms. The largest absolute Gasteiger partial charge is 0.478 e. The average Bonchev–Trinajstić information content (AvgIpc) is 2.85. The van der Waals surface area contributed by atoms with Crippen molar-refractivity contribution in [2.75, 3.05) is 37.3 Å². The number of likely N-dealkylation sites (N-methyl/N-ethyl adjacent to an activating group) is 2. The summed E-state index contributed by atoms with van der Waals surface area (Å²) in [5.41, 5.74) is 5.73. The standard InChI is InChI=1S/C15H22FN3O2/c1-3-19-6-4-5-10(19)9-18(2)14-7-11(15(20)21)13(17)8-12(14)16/h7-8,10H,3-6,9,17H2,1-2H3,(H,20,21). The maximum Gasteiger partial charge on any atom is 0.337 e. The van der Waals surface area contributed by atoms with Crippen molar-refractivity contribution in [2.45, 2.75) is 25.8 Å². The van der Waals surface area contributed by atoms with E-state index in [4.69, 9.17) is 10.8 Å². The molecule has 0 saturated carbocycles. The van der Waals surface area contributed by atoms with E-state index in [0.29, 0.717) is 12.6 Å². The Hall–Kier alpha value is -1.82. The van der Waals surface area contributed by atoms with Crippen molar-refractivity contribution in [3.63, 3.8) is 0 Å². The average molecular weight is 295 g/mol. The van der Waals surface area contributed by atoms with Crippen molar-refractivity contribution in [3.05, 3.63) is 23.5 Å². The predicted octanol–water partition coefficient (Wildman–Crippen LogP) is 2.03. The highest BCUT2D eigenvalue weighted by Gasteiger charge is 2.25. The summed E-state index contributed by atoms with van der Waals surface area (Å²) in [4.78, 5) is 15.3. The maximum absolute atomic E-state index is 14.1. The van der Waals surface area contributed by atoms with Crippen molar-refractivity contribution in [1.82, 2.24) is 4.90 Å². The fourth-order valence-corrected chi connectivity index (χ4v) is 2.99. The van der Waals surface area contributed by atoms with Crippen LogP contribution in [0, 0.1) is 5.82 Å². The topological polar surface area (TPSA) is 69.8 Å². The van der Waals surface area contributed by atoms with Crippen LogP contribution in [0.2, 0.25) is 0 Å². The van der Waals surface area contributed by atoms with E-state index in [0.717, 1.165) is 32.0 Å². The molecule has 1 aliphatic rings. The van der Waals surface area contributed by atoms with Crippen molar-refractivity contribution in [3.8, 4) is 0 Å². The molecule has 0 aromatic heterocycles. The Morgan fingerprint density at radius 3 is 2.90 bits per heavy atom. The fourth-order valence-electron chi connectivity index (χ4n) is 2.99. The van der Waals surface area contributed by atoms with Crippen molar-refractivity contribution in [1.29, 1.82) is 0 Å². The number of anilines is 2. The molecule has 5 nitrogen and oxygen atoms in total. The van der Waals surface area contributed by atoms with E-state index in [1.807, 2.05) is 0 Å². The van der Waals surface area contributed by atoms with E-state index in [1.54, 1.807) is 11.9 Å². The minimum atomic E-state index is -1.14. The number of carboxylic acids is 1. The Morgan fingerprint density at radius 2 is 2.29 bits per heavy atom. The number of nitrogen functional groups attached to an aromatic ring is 1. The molecule has 0 bridgehead atoms. The monoisotopic (exact) mass is 295 g/mol. The van der Waals surface area contributed by atoms with Gasteiger partial charge in [-0.2, -0.15) is 0 Å². The molecule has 1 saturated heterocycles. The summed E-state index contributed by atoms with van der Waals surface area (Å²) in [5, 5.41) is 9.10. The van der Waals surface area contributed by atoms with Crippen LogP contribution >= 0.6 is 0 Å². The van der Waals surface area contributed by atoms with Gasteiger partial charge in [0, 0.05) is 25.3 Å². The van der Waals surface area contributed by atoms with E-state index in [-0.39, 0.29) is 16.9 Å². The number of carboxylic acid groups (broad SMARTS) is 1. The van der Waals surface area contributed by atoms with Gasteiger partial charge in [0.1, 0.15) is 5.82 Å². The lowest BCUT2D eigenvalue weighted by Crippen LogP contribution is -2.39. The molecule has 6 heteroatoms. The first-order chi connectivity index (χ1) is 9.93. The number of hydrogen-bond acceptors (Lipinski definition) is 4. The summed E-state index contributed by atoms with van der Waals surface area (Å²) in [6.45, 7) is 4.83. The lowest BCUT2D eigenvalue weighted by Gasteiger charge is -2.29. The maximum atomic E-state index is 14.1. The van der Waals surface area contributed by atoms with Gasteiger partial charge in [0.15, 0.2) is 0 Å². The van der Waals surface area contributed by atoms with E-state index in [1.165, 1.54) is 6.07 Å². The zero-order valence-electron chi connectivity index (χ0n) is 12.5. The molecule has 2 rings (SSSR count). The van der Waals surface area contributed by atoms with Crippen molar-refractivity contribution in [2.24, 2.45) is 0 Å². The van der Waals surface area contributed by atoms with Crippen LogP contribution in [0.15, 0.2) is 12.1 Å². The highest BCUT2D eigenvalue weighted by atomic mass is 19.1. The number of nitrogens with two attached hydrogens (primary N) is 1. The first kappa shape index (κ1) is 15.6. The first-order valence-electron chi connectivity index (χ1n) is 7.21. The highest BCUT2D eigenvalue weighted by molar-refractivity contribution is 5.95. The van der Waals surface area contributed by atoms with Gasteiger partial charge in [0.25, 0.3) is 0 Å². The minimum Gasteiger partial charge on any atom is -0.478 e. The van der Waals surface area contributed by atoms with E-state index in [2.05, 4.69) is 11.8 Å². The molecule has 3 N–H and O–H groups in total. The SMILES string of the molecule is CCN1CCCC1CN(C)c1cc(C(=O)O)c(N)cc1F. The third-order valence-corrected chi connectivity index (χ3v) is 4.15. The molecular formula is C15H22FN3O2. The molecule has 1 unspecified atom stereocenters. The Bertz CT molecular complexity index is 536. The second-order valence-electron chi connectivity index (χ2n) is 5.50. The van der Waals surface area contributed by atoms with Gasteiger partial charge in [0.05, 0.1) is 11.3 Å². The molecule has 1 aliphatic heterocycles. The molecule has 1 atom stereocenters. The van der Waals surface area contributed by atoms with Crippen LogP contribution in [0.5, 0.6) is 0 Å². The number of benzene rings is 1. The number of halogens is 1. The lowest BCUT2D eigenvalue weighted by atomic mass is 10.1. The number of hydrogen-bond donors (Lipinski definition) is 2. The van der Waals surface area contributed by atoms with Crippen molar-refractivity contribution >= 4 is 17.3 Å². The second kappa shape index (κ2) is 6.30. The van der Waals surface area contributed by atoms with Gasteiger partial charge in [-0.25, -0.2) is 9.18 Å². The van der Waals surface area contributed by atoms with E-state index >= 15 is 0 Å². The van der Waals surface area contributed by atoms with Crippen LogP contribution in [0.4, 0.5) is 15.8 Å². The van der Waals surface area contributed by atoms with Gasteiger partial charge in [-0.05, 0) is 38.1 Å². The number of likely N-dealkylation sites (tertiary alicyclic amines) is 1. The Balaban J connectivity index is 2.20. The number of aromatic carboxylic acids is 1. The van der Waals surface area contributed by atoms with Gasteiger partial charge in [-0.1, -0.05) is 6.92 Å². The van der Waals surface area contributed by atoms with Crippen LogP contribution < -0.4 is 10.6 Å². The fraction of sp³-hybridized carbons (Fsp3) is 0.533. The van der Waals surface area contributed by atoms with Crippen molar-refractivity contribution < 1.29 is 14.3 Å². The molecule has 1 aromatic carbocycles. The van der Waals surface area contributed by atoms with Gasteiger partial charge in [0.2, 0.25) is 0 Å². The quantitative estimate of drug-likeness (QED) is 0.813. The predicted molar refractivity (Wildman–Crippen MR) is 81.3 cm³/mol. The number of nitrogens with zero attached hydrogens (tertiary/aromatic N) is 2. The van der Waals surface area contributed by atoms with Crippen LogP contribution in [-0.2, 0) is 0 Å². The number of carbonyl (C=O) groups is 1.